The van der Waals surface area contributed by atoms with Crippen LogP contribution in [0.1, 0.15) is 41.0 Å². The maximum atomic E-state index is 9.03. The second-order valence-corrected chi connectivity index (χ2v) is 4.35. The molecule has 3 heteroatoms. The number of nitrogens with one attached hydrogen (secondary N) is 1. The van der Waals surface area contributed by atoms with E-state index in [0.717, 1.165) is 19.5 Å². The van der Waals surface area contributed by atoms with Gasteiger partial charge in [0.15, 0.2) is 0 Å². The van der Waals surface area contributed by atoms with E-state index in [-0.39, 0.29) is 6.04 Å². The van der Waals surface area contributed by atoms with Crippen LogP contribution in [-0.2, 0) is 0 Å². The van der Waals surface area contributed by atoms with Gasteiger partial charge in [-0.15, -0.1) is 0 Å². The Morgan fingerprint density at radius 1 is 1.27 bits per heavy atom. The summed E-state index contributed by atoms with van der Waals surface area (Å²) in [5.74, 6) is 0. The van der Waals surface area contributed by atoms with Crippen LogP contribution in [0.25, 0.3) is 0 Å². The van der Waals surface area contributed by atoms with Crippen LogP contribution >= 0.6 is 0 Å². The van der Waals surface area contributed by atoms with E-state index in [1.54, 1.807) is 0 Å². The fraction of sp³-hybridized carbons (Fsp3) is 0.917. The molecule has 0 aliphatic heterocycles. The molecule has 3 nitrogen and oxygen atoms in total. The molecule has 0 spiro atoms. The van der Waals surface area contributed by atoms with Crippen LogP contribution in [0.3, 0.4) is 0 Å². The fourth-order valence-electron chi connectivity index (χ4n) is 1.65. The van der Waals surface area contributed by atoms with Crippen LogP contribution in [0.5, 0.6) is 0 Å². The van der Waals surface area contributed by atoms with E-state index in [4.69, 9.17) is 5.26 Å². The summed E-state index contributed by atoms with van der Waals surface area (Å²) in [6.07, 6.45) is 1.13. The van der Waals surface area contributed by atoms with Crippen molar-refractivity contribution in [2.45, 2.75) is 59.2 Å². The van der Waals surface area contributed by atoms with E-state index in [2.05, 4.69) is 50.9 Å². The first kappa shape index (κ1) is 14.4. The molecule has 0 amide bonds. The van der Waals surface area contributed by atoms with Gasteiger partial charge in [-0.1, -0.05) is 13.8 Å². The van der Waals surface area contributed by atoms with E-state index < -0.39 is 0 Å². The lowest BCUT2D eigenvalue weighted by atomic mass is 10.2. The zero-order valence-electron chi connectivity index (χ0n) is 10.7. The Hall–Kier alpha value is -0.590. The van der Waals surface area contributed by atoms with Gasteiger partial charge in [0.1, 0.15) is 6.04 Å². The van der Waals surface area contributed by atoms with Gasteiger partial charge in [0.05, 0.1) is 6.07 Å². The van der Waals surface area contributed by atoms with Crippen molar-refractivity contribution in [3.8, 4) is 6.07 Å². The molecule has 0 aliphatic rings. The quantitative estimate of drug-likeness (QED) is 0.700. The SMILES string of the molecule is CCC(C)N(CC)CC(C#N)NC(C)C. The van der Waals surface area contributed by atoms with Crippen LogP contribution in [0, 0.1) is 11.3 Å². The predicted octanol–water partition coefficient (Wildman–Crippen LogP) is 2.00. The predicted molar refractivity (Wildman–Crippen MR) is 64.7 cm³/mol. The Morgan fingerprint density at radius 3 is 2.20 bits per heavy atom. The minimum atomic E-state index is -0.0565. The highest BCUT2D eigenvalue weighted by Crippen LogP contribution is 2.04. The molecule has 88 valence electrons. The topological polar surface area (TPSA) is 39.1 Å². The number of hydrogen-bond donors (Lipinski definition) is 1. The Labute approximate surface area is 94.5 Å². The molecular formula is C12H25N3. The maximum absolute atomic E-state index is 9.03. The second kappa shape index (κ2) is 7.67. The molecule has 0 bridgehead atoms. The second-order valence-electron chi connectivity index (χ2n) is 4.35. The molecule has 0 saturated carbocycles. The molecule has 0 saturated heterocycles. The third kappa shape index (κ3) is 5.76. The summed E-state index contributed by atoms with van der Waals surface area (Å²) in [6, 6.07) is 3.19. The number of likely N-dealkylation sites (N-methyl/N-ethyl adjacent to an activating group) is 1. The third-order valence-corrected chi connectivity index (χ3v) is 2.73. The van der Waals surface area contributed by atoms with Crippen molar-refractivity contribution >= 4 is 0 Å². The minimum Gasteiger partial charge on any atom is -0.299 e. The summed E-state index contributed by atoms with van der Waals surface area (Å²) in [5, 5.41) is 12.3. The van der Waals surface area contributed by atoms with Crippen LogP contribution in [0.2, 0.25) is 0 Å². The number of rotatable bonds is 7. The smallest absolute Gasteiger partial charge is 0.108 e. The molecule has 0 heterocycles. The van der Waals surface area contributed by atoms with Crippen molar-refractivity contribution in [2.24, 2.45) is 0 Å². The van der Waals surface area contributed by atoms with E-state index in [1.807, 2.05) is 0 Å². The van der Waals surface area contributed by atoms with Gasteiger partial charge >= 0.3 is 0 Å². The van der Waals surface area contributed by atoms with Gasteiger partial charge in [0.25, 0.3) is 0 Å². The van der Waals surface area contributed by atoms with Crippen molar-refractivity contribution in [3.05, 3.63) is 0 Å². The van der Waals surface area contributed by atoms with Gasteiger partial charge in [-0.05, 0) is 33.7 Å². The van der Waals surface area contributed by atoms with Gasteiger partial charge < -0.3 is 0 Å². The largest absolute Gasteiger partial charge is 0.299 e. The number of nitriles is 1. The first-order valence-corrected chi connectivity index (χ1v) is 5.94. The molecule has 2 atom stereocenters. The van der Waals surface area contributed by atoms with Gasteiger partial charge in [-0.2, -0.15) is 5.26 Å². The van der Waals surface area contributed by atoms with Crippen LogP contribution in [0.15, 0.2) is 0 Å². The van der Waals surface area contributed by atoms with E-state index in [9.17, 15) is 0 Å². The van der Waals surface area contributed by atoms with Crippen molar-refractivity contribution in [1.82, 2.24) is 10.2 Å². The zero-order valence-corrected chi connectivity index (χ0v) is 10.7. The Morgan fingerprint density at radius 2 is 1.87 bits per heavy atom. The molecule has 0 aromatic rings. The third-order valence-electron chi connectivity index (χ3n) is 2.73. The van der Waals surface area contributed by atoms with Crippen molar-refractivity contribution < 1.29 is 0 Å². The Kier molecular flexibility index (Phi) is 7.37. The average Bonchev–Trinajstić information content (AvgIpc) is 2.22. The lowest BCUT2D eigenvalue weighted by Gasteiger charge is -2.29. The highest BCUT2D eigenvalue weighted by molar-refractivity contribution is 4.93. The Balaban J connectivity index is 4.19. The van der Waals surface area contributed by atoms with Gasteiger partial charge in [-0.3, -0.25) is 10.2 Å². The molecule has 0 radical (unpaired) electrons. The van der Waals surface area contributed by atoms with E-state index in [0.29, 0.717) is 12.1 Å². The highest BCUT2D eigenvalue weighted by Gasteiger charge is 2.16. The van der Waals surface area contributed by atoms with Crippen LogP contribution in [-0.4, -0.2) is 36.1 Å². The summed E-state index contributed by atoms with van der Waals surface area (Å²) < 4.78 is 0. The average molecular weight is 211 g/mol. The van der Waals surface area contributed by atoms with Crippen LogP contribution < -0.4 is 5.32 Å². The number of nitrogens with zero attached hydrogens (tertiary/aromatic N) is 2. The molecular weight excluding hydrogens is 186 g/mol. The molecule has 0 aromatic carbocycles. The molecule has 0 fully saturated rings. The van der Waals surface area contributed by atoms with Crippen molar-refractivity contribution in [3.63, 3.8) is 0 Å². The van der Waals surface area contributed by atoms with Crippen molar-refractivity contribution in [2.75, 3.05) is 13.1 Å². The molecule has 0 aromatic heterocycles. The summed E-state index contributed by atoms with van der Waals surface area (Å²) >= 11 is 0. The lowest BCUT2D eigenvalue weighted by molar-refractivity contribution is 0.200. The summed E-state index contributed by atoms with van der Waals surface area (Å²) in [6.45, 7) is 12.5. The van der Waals surface area contributed by atoms with Gasteiger partial charge in [0, 0.05) is 18.6 Å². The summed E-state index contributed by atoms with van der Waals surface area (Å²) in [4.78, 5) is 2.35. The highest BCUT2D eigenvalue weighted by atomic mass is 15.2. The molecule has 2 unspecified atom stereocenters. The molecule has 0 aliphatic carbocycles. The van der Waals surface area contributed by atoms with E-state index >= 15 is 0 Å². The molecule has 15 heavy (non-hydrogen) atoms. The standard InChI is InChI=1S/C12H25N3/c1-6-11(5)15(7-2)9-12(8-13)14-10(3)4/h10-12,14H,6-7,9H2,1-5H3. The lowest BCUT2D eigenvalue weighted by Crippen LogP contribution is -2.45. The van der Waals surface area contributed by atoms with Gasteiger partial charge in [-0.25, -0.2) is 0 Å². The monoisotopic (exact) mass is 211 g/mol. The first-order valence-electron chi connectivity index (χ1n) is 5.94. The zero-order chi connectivity index (χ0) is 11.8. The first-order chi connectivity index (χ1) is 7.04. The maximum Gasteiger partial charge on any atom is 0.108 e. The minimum absolute atomic E-state index is 0.0565. The number of hydrogen-bond acceptors (Lipinski definition) is 3. The van der Waals surface area contributed by atoms with Crippen molar-refractivity contribution in [1.29, 1.82) is 5.26 Å². The van der Waals surface area contributed by atoms with E-state index in [1.165, 1.54) is 0 Å². The van der Waals surface area contributed by atoms with Crippen LogP contribution in [0.4, 0.5) is 0 Å². The normalized spacial score (nSPS) is 15.3. The summed E-state index contributed by atoms with van der Waals surface area (Å²) in [7, 11) is 0. The fourth-order valence-corrected chi connectivity index (χ4v) is 1.65. The molecule has 1 N–H and O–H groups in total. The Bertz CT molecular complexity index is 196. The molecule has 0 rings (SSSR count). The van der Waals surface area contributed by atoms with Gasteiger partial charge in [0.2, 0.25) is 0 Å². The summed E-state index contributed by atoms with van der Waals surface area (Å²) in [5.41, 5.74) is 0.